The van der Waals surface area contributed by atoms with Crippen molar-refractivity contribution in [1.82, 2.24) is 15.1 Å². The van der Waals surface area contributed by atoms with Gasteiger partial charge in [-0.3, -0.25) is 9.48 Å². The van der Waals surface area contributed by atoms with Crippen LogP contribution < -0.4 is 5.32 Å². The topological polar surface area (TPSA) is 46.9 Å². The molecule has 1 aliphatic carbocycles. The number of amides is 1. The van der Waals surface area contributed by atoms with Crippen molar-refractivity contribution in [2.45, 2.75) is 45.7 Å². The Balaban J connectivity index is 1.62. The molecule has 0 saturated heterocycles. The van der Waals surface area contributed by atoms with Gasteiger partial charge in [0.25, 0.3) is 0 Å². The van der Waals surface area contributed by atoms with E-state index >= 15 is 0 Å². The predicted molar refractivity (Wildman–Crippen MR) is 86.5 cm³/mol. The number of nitrogens with one attached hydrogen (secondary N) is 1. The smallest absolute Gasteiger partial charge is 0.224 e. The van der Waals surface area contributed by atoms with Crippen LogP contribution in [0.5, 0.6) is 0 Å². The molecule has 3 unspecified atom stereocenters. The maximum Gasteiger partial charge on any atom is 0.224 e. The summed E-state index contributed by atoms with van der Waals surface area (Å²) in [6, 6.07) is 10.3. The highest BCUT2D eigenvalue weighted by molar-refractivity contribution is 5.83. The quantitative estimate of drug-likeness (QED) is 0.921. The van der Waals surface area contributed by atoms with Gasteiger partial charge in [0.1, 0.15) is 0 Å². The van der Waals surface area contributed by atoms with Crippen LogP contribution in [0.15, 0.2) is 36.5 Å². The highest BCUT2D eigenvalue weighted by Crippen LogP contribution is 2.47. The van der Waals surface area contributed by atoms with Crippen molar-refractivity contribution in [2.24, 2.45) is 5.92 Å². The van der Waals surface area contributed by atoms with E-state index in [4.69, 9.17) is 0 Å². The number of carbonyl (C=O) groups excluding carboxylic acids is 1. The number of carbonyl (C=O) groups is 1. The minimum absolute atomic E-state index is 0.00447. The molecular formula is C18H23N3O. The normalized spacial score (nSPS) is 21.4. The van der Waals surface area contributed by atoms with Crippen LogP contribution in [-0.4, -0.2) is 15.7 Å². The van der Waals surface area contributed by atoms with Crippen LogP contribution >= 0.6 is 0 Å². The molecule has 1 saturated carbocycles. The van der Waals surface area contributed by atoms with Gasteiger partial charge in [0.2, 0.25) is 5.91 Å². The molecule has 1 N–H and O–H groups in total. The molecule has 2 aromatic rings. The number of aryl methyl sites for hydroxylation is 1. The summed E-state index contributed by atoms with van der Waals surface area (Å²) in [5, 5.41) is 7.49. The number of rotatable bonds is 5. The van der Waals surface area contributed by atoms with Gasteiger partial charge in [0.15, 0.2) is 0 Å². The van der Waals surface area contributed by atoms with Crippen molar-refractivity contribution in [1.29, 1.82) is 0 Å². The van der Waals surface area contributed by atoms with Gasteiger partial charge in [0, 0.05) is 23.7 Å². The standard InChI is InChI=1S/C18H23N3O/c1-4-21-13(3)17(11-19-21)12(2)20-18(22)16-10-15(16)14-8-6-5-7-9-14/h5-9,11-12,15-16H,4,10H2,1-3H3,(H,20,22). The maximum absolute atomic E-state index is 12.4. The lowest BCUT2D eigenvalue weighted by atomic mass is 10.1. The van der Waals surface area contributed by atoms with E-state index in [9.17, 15) is 4.79 Å². The average molecular weight is 297 g/mol. The van der Waals surface area contributed by atoms with E-state index in [1.807, 2.05) is 36.0 Å². The summed E-state index contributed by atoms with van der Waals surface area (Å²) in [6.07, 6.45) is 2.82. The fraction of sp³-hybridized carbons (Fsp3) is 0.444. The summed E-state index contributed by atoms with van der Waals surface area (Å²) in [5.41, 5.74) is 3.50. The minimum atomic E-state index is 0.00447. The first-order valence-corrected chi connectivity index (χ1v) is 7.99. The molecule has 3 rings (SSSR count). The lowest BCUT2D eigenvalue weighted by molar-refractivity contribution is -0.123. The SMILES string of the molecule is CCn1ncc(C(C)NC(=O)C2CC2c2ccccc2)c1C. The lowest BCUT2D eigenvalue weighted by Gasteiger charge is -2.14. The summed E-state index contributed by atoms with van der Waals surface area (Å²) >= 11 is 0. The molecule has 0 aliphatic heterocycles. The van der Waals surface area contributed by atoms with Gasteiger partial charge in [0.05, 0.1) is 12.2 Å². The van der Waals surface area contributed by atoms with Crippen LogP contribution in [0, 0.1) is 12.8 Å². The van der Waals surface area contributed by atoms with E-state index in [-0.39, 0.29) is 17.9 Å². The predicted octanol–water partition coefficient (Wildman–Crippen LogP) is 3.19. The molecule has 4 heteroatoms. The van der Waals surface area contributed by atoms with Crippen LogP contribution in [0.1, 0.15) is 49.0 Å². The van der Waals surface area contributed by atoms with Crippen molar-refractivity contribution in [2.75, 3.05) is 0 Å². The molecule has 4 nitrogen and oxygen atoms in total. The van der Waals surface area contributed by atoms with Gasteiger partial charge in [-0.05, 0) is 38.7 Å². The van der Waals surface area contributed by atoms with Crippen LogP contribution in [0.4, 0.5) is 0 Å². The van der Waals surface area contributed by atoms with Gasteiger partial charge < -0.3 is 5.32 Å². The van der Waals surface area contributed by atoms with Crippen LogP contribution in [0.2, 0.25) is 0 Å². The van der Waals surface area contributed by atoms with Gasteiger partial charge >= 0.3 is 0 Å². The molecule has 1 fully saturated rings. The number of nitrogens with zero attached hydrogens (tertiary/aromatic N) is 2. The Labute approximate surface area is 131 Å². The Morgan fingerprint density at radius 3 is 2.77 bits per heavy atom. The monoisotopic (exact) mass is 297 g/mol. The van der Waals surface area contributed by atoms with Crippen LogP contribution in [0.25, 0.3) is 0 Å². The summed E-state index contributed by atoms with van der Waals surface area (Å²) in [7, 11) is 0. The maximum atomic E-state index is 12.4. The van der Waals surface area contributed by atoms with Crippen LogP contribution in [-0.2, 0) is 11.3 Å². The van der Waals surface area contributed by atoms with E-state index in [1.54, 1.807) is 0 Å². The second-order valence-electron chi connectivity index (χ2n) is 6.09. The third kappa shape index (κ3) is 2.78. The van der Waals surface area contributed by atoms with Crippen molar-refractivity contribution >= 4 is 5.91 Å². The van der Waals surface area contributed by atoms with E-state index in [1.165, 1.54) is 5.56 Å². The lowest BCUT2D eigenvalue weighted by Crippen LogP contribution is -2.28. The highest BCUT2D eigenvalue weighted by atomic mass is 16.2. The molecule has 1 heterocycles. The van der Waals surface area contributed by atoms with E-state index in [0.29, 0.717) is 5.92 Å². The Hall–Kier alpha value is -2.10. The zero-order valence-electron chi connectivity index (χ0n) is 13.4. The molecule has 0 radical (unpaired) electrons. The molecule has 0 bridgehead atoms. The molecular weight excluding hydrogens is 274 g/mol. The van der Waals surface area contributed by atoms with E-state index in [2.05, 4.69) is 36.4 Å². The summed E-state index contributed by atoms with van der Waals surface area (Å²) < 4.78 is 1.96. The third-order valence-electron chi connectivity index (χ3n) is 4.62. The molecule has 1 aliphatic rings. The second-order valence-corrected chi connectivity index (χ2v) is 6.09. The number of hydrogen-bond donors (Lipinski definition) is 1. The van der Waals surface area contributed by atoms with Crippen molar-refractivity contribution in [3.05, 3.63) is 53.3 Å². The van der Waals surface area contributed by atoms with Gasteiger partial charge in [-0.1, -0.05) is 30.3 Å². The van der Waals surface area contributed by atoms with Crippen molar-refractivity contribution in [3.8, 4) is 0 Å². The third-order valence-corrected chi connectivity index (χ3v) is 4.62. The Morgan fingerprint density at radius 1 is 1.41 bits per heavy atom. The molecule has 0 spiro atoms. The molecule has 1 aromatic heterocycles. The Morgan fingerprint density at radius 2 is 2.14 bits per heavy atom. The molecule has 22 heavy (non-hydrogen) atoms. The Kier molecular flexibility index (Phi) is 4.01. The van der Waals surface area contributed by atoms with E-state index in [0.717, 1.165) is 24.2 Å². The number of aromatic nitrogens is 2. The summed E-state index contributed by atoms with van der Waals surface area (Å²) in [5.74, 6) is 0.657. The van der Waals surface area contributed by atoms with Crippen molar-refractivity contribution < 1.29 is 4.79 Å². The summed E-state index contributed by atoms with van der Waals surface area (Å²) in [6.45, 7) is 7.01. The number of benzene rings is 1. The van der Waals surface area contributed by atoms with E-state index < -0.39 is 0 Å². The fourth-order valence-electron chi connectivity index (χ4n) is 3.16. The summed E-state index contributed by atoms with van der Waals surface area (Å²) in [4.78, 5) is 12.4. The first kappa shape index (κ1) is 14.8. The first-order valence-electron chi connectivity index (χ1n) is 7.99. The zero-order chi connectivity index (χ0) is 15.7. The largest absolute Gasteiger partial charge is 0.349 e. The molecule has 1 amide bonds. The van der Waals surface area contributed by atoms with Crippen LogP contribution in [0.3, 0.4) is 0 Å². The number of hydrogen-bond acceptors (Lipinski definition) is 2. The van der Waals surface area contributed by atoms with Gasteiger partial charge in [-0.15, -0.1) is 0 Å². The Bertz CT molecular complexity index is 662. The highest BCUT2D eigenvalue weighted by Gasteiger charge is 2.44. The molecule has 116 valence electrons. The fourth-order valence-corrected chi connectivity index (χ4v) is 3.16. The minimum Gasteiger partial charge on any atom is -0.349 e. The molecule has 1 aromatic carbocycles. The average Bonchev–Trinajstić information content (AvgIpc) is 3.25. The first-order chi connectivity index (χ1) is 10.6. The molecule has 3 atom stereocenters. The van der Waals surface area contributed by atoms with Gasteiger partial charge in [-0.25, -0.2) is 0 Å². The second kappa shape index (κ2) is 5.95. The van der Waals surface area contributed by atoms with Gasteiger partial charge in [-0.2, -0.15) is 5.10 Å². The van der Waals surface area contributed by atoms with Crippen molar-refractivity contribution in [3.63, 3.8) is 0 Å². The zero-order valence-corrected chi connectivity index (χ0v) is 13.4.